The fourth-order valence-electron chi connectivity index (χ4n) is 4.08. The van der Waals surface area contributed by atoms with Crippen LogP contribution in [0, 0.1) is 5.82 Å². The number of benzene rings is 3. The number of halogens is 2. The second-order valence-electron chi connectivity index (χ2n) is 7.71. The van der Waals surface area contributed by atoms with Crippen molar-refractivity contribution in [2.24, 2.45) is 0 Å². The monoisotopic (exact) mass is 449 g/mol. The first-order valence-corrected chi connectivity index (χ1v) is 10.2. The van der Waals surface area contributed by atoms with E-state index in [4.69, 9.17) is 11.6 Å². The Balaban J connectivity index is 1.56. The van der Waals surface area contributed by atoms with Gasteiger partial charge in [0.1, 0.15) is 5.82 Å². The highest BCUT2D eigenvalue weighted by Gasteiger charge is 2.48. The van der Waals surface area contributed by atoms with Crippen LogP contribution in [0.4, 0.5) is 9.18 Å². The molecular weight excluding hydrogens is 433 g/mol. The molecule has 0 spiro atoms. The predicted molar refractivity (Wildman–Crippen MR) is 119 cm³/mol. The Kier molecular flexibility index (Phi) is 4.64. The number of carbonyl (C=O) groups is 2. The Morgan fingerprint density at radius 1 is 0.969 bits per heavy atom. The summed E-state index contributed by atoms with van der Waals surface area (Å²) in [7, 11) is 0. The van der Waals surface area contributed by atoms with Crippen molar-refractivity contribution in [3.8, 4) is 17.0 Å². The Labute approximate surface area is 187 Å². The van der Waals surface area contributed by atoms with Crippen LogP contribution in [0.3, 0.4) is 0 Å². The molecule has 3 aromatic carbocycles. The Bertz CT molecular complexity index is 1370. The van der Waals surface area contributed by atoms with Crippen LogP contribution in [0.1, 0.15) is 5.56 Å². The van der Waals surface area contributed by atoms with Gasteiger partial charge >= 0.3 is 6.03 Å². The highest BCUT2D eigenvalue weighted by Crippen LogP contribution is 2.35. The number of amides is 3. The number of aromatic nitrogens is 1. The van der Waals surface area contributed by atoms with E-state index in [1.54, 1.807) is 60.8 Å². The minimum absolute atomic E-state index is 0.0292. The molecule has 0 radical (unpaired) electrons. The van der Waals surface area contributed by atoms with Gasteiger partial charge in [0.15, 0.2) is 11.4 Å². The molecule has 1 aliphatic heterocycles. The maximum absolute atomic E-state index is 13.2. The second kappa shape index (κ2) is 7.39. The second-order valence-corrected chi connectivity index (χ2v) is 8.15. The van der Waals surface area contributed by atoms with Crippen LogP contribution >= 0.6 is 11.6 Å². The van der Waals surface area contributed by atoms with Crippen molar-refractivity contribution in [1.82, 2.24) is 15.2 Å². The van der Waals surface area contributed by atoms with Crippen molar-refractivity contribution in [2.75, 3.05) is 0 Å². The van der Waals surface area contributed by atoms with Gasteiger partial charge in [-0.2, -0.15) is 0 Å². The molecule has 0 unspecified atom stereocenters. The molecule has 1 aromatic heterocycles. The quantitative estimate of drug-likeness (QED) is 0.400. The predicted octanol–water partition coefficient (Wildman–Crippen LogP) is 4.54. The number of rotatable bonds is 4. The summed E-state index contributed by atoms with van der Waals surface area (Å²) in [5, 5.41) is 17.5. The summed E-state index contributed by atoms with van der Waals surface area (Å²) in [6.07, 6.45) is 1.70. The van der Waals surface area contributed by atoms with Gasteiger partial charge in [-0.1, -0.05) is 54.1 Å². The Morgan fingerprint density at radius 3 is 2.25 bits per heavy atom. The molecule has 0 bridgehead atoms. The molecule has 3 amide bonds. The largest absolute Gasteiger partial charge is 0.494 e. The molecule has 8 heteroatoms. The summed E-state index contributed by atoms with van der Waals surface area (Å²) >= 11 is 6.05. The molecular formula is C24H17ClFN3O3. The van der Waals surface area contributed by atoms with Gasteiger partial charge in [-0.05, 0) is 41.0 Å². The van der Waals surface area contributed by atoms with Crippen molar-refractivity contribution in [3.05, 3.63) is 89.3 Å². The van der Waals surface area contributed by atoms with Crippen molar-refractivity contribution in [1.29, 1.82) is 0 Å². The van der Waals surface area contributed by atoms with E-state index in [1.807, 2.05) is 0 Å². The SMILES string of the molecule is O=C1NC(=O)[C@](Cn2cc3ccc(Cl)cc3c2O)(c2ccc(-c3ccc(F)cc3)cc2)N1. The molecule has 1 fully saturated rings. The molecule has 1 atom stereocenters. The van der Waals surface area contributed by atoms with Crippen LogP contribution in [0.5, 0.6) is 5.88 Å². The molecule has 160 valence electrons. The first-order valence-electron chi connectivity index (χ1n) is 9.83. The number of carbonyl (C=O) groups excluding carboxylic acids is 2. The smallest absolute Gasteiger partial charge is 0.322 e. The van der Waals surface area contributed by atoms with Crippen LogP contribution in [-0.4, -0.2) is 21.6 Å². The summed E-state index contributed by atoms with van der Waals surface area (Å²) in [4.78, 5) is 25.0. The summed E-state index contributed by atoms with van der Waals surface area (Å²) in [6, 6.07) is 17.7. The molecule has 3 N–H and O–H groups in total. The summed E-state index contributed by atoms with van der Waals surface area (Å²) in [5.41, 5.74) is 0.771. The van der Waals surface area contributed by atoms with Gasteiger partial charge in [-0.15, -0.1) is 0 Å². The highest BCUT2D eigenvalue weighted by molar-refractivity contribution is 6.31. The van der Waals surface area contributed by atoms with E-state index in [9.17, 15) is 19.1 Å². The van der Waals surface area contributed by atoms with Gasteiger partial charge in [-0.3, -0.25) is 10.1 Å². The maximum Gasteiger partial charge on any atom is 0.322 e. The Morgan fingerprint density at radius 2 is 1.62 bits per heavy atom. The number of imide groups is 1. The zero-order valence-corrected chi connectivity index (χ0v) is 17.4. The van der Waals surface area contributed by atoms with E-state index in [2.05, 4.69) is 10.6 Å². The number of aromatic hydroxyl groups is 1. The number of fused-ring (bicyclic) bond motifs is 1. The number of hydrogen-bond donors (Lipinski definition) is 3. The van der Waals surface area contributed by atoms with Gasteiger partial charge in [0.2, 0.25) is 0 Å². The lowest BCUT2D eigenvalue weighted by Crippen LogP contribution is -2.47. The highest BCUT2D eigenvalue weighted by atomic mass is 35.5. The normalized spacial score (nSPS) is 18.1. The van der Waals surface area contributed by atoms with Crippen LogP contribution in [-0.2, 0) is 16.9 Å². The van der Waals surface area contributed by atoms with E-state index < -0.39 is 17.5 Å². The molecule has 1 aliphatic rings. The zero-order valence-electron chi connectivity index (χ0n) is 16.6. The van der Waals surface area contributed by atoms with Crippen molar-refractivity contribution >= 4 is 34.3 Å². The molecule has 0 aliphatic carbocycles. The van der Waals surface area contributed by atoms with E-state index in [0.29, 0.717) is 16.0 Å². The fourth-order valence-corrected chi connectivity index (χ4v) is 4.25. The van der Waals surface area contributed by atoms with E-state index in [0.717, 1.165) is 16.5 Å². The van der Waals surface area contributed by atoms with E-state index in [-0.39, 0.29) is 18.2 Å². The first kappa shape index (κ1) is 20.1. The third kappa shape index (κ3) is 3.27. The van der Waals surface area contributed by atoms with Crippen LogP contribution in [0.15, 0.2) is 72.9 Å². The zero-order chi connectivity index (χ0) is 22.5. The number of nitrogens with zero attached hydrogens (tertiary/aromatic N) is 1. The average Bonchev–Trinajstić information content (AvgIpc) is 3.24. The van der Waals surface area contributed by atoms with E-state index in [1.165, 1.54) is 16.7 Å². The average molecular weight is 450 g/mol. The number of hydrogen-bond acceptors (Lipinski definition) is 3. The number of nitrogens with one attached hydrogen (secondary N) is 2. The van der Waals surface area contributed by atoms with E-state index >= 15 is 0 Å². The van der Waals surface area contributed by atoms with Crippen LogP contribution < -0.4 is 10.6 Å². The van der Waals surface area contributed by atoms with Gasteiger partial charge < -0.3 is 15.0 Å². The van der Waals surface area contributed by atoms with Crippen LogP contribution in [0.25, 0.3) is 21.9 Å². The summed E-state index contributed by atoms with van der Waals surface area (Å²) in [5.74, 6) is -0.902. The van der Waals surface area contributed by atoms with Gasteiger partial charge in [0.25, 0.3) is 5.91 Å². The van der Waals surface area contributed by atoms with Crippen molar-refractivity contribution in [3.63, 3.8) is 0 Å². The summed E-state index contributed by atoms with van der Waals surface area (Å²) < 4.78 is 14.7. The minimum atomic E-state index is -1.42. The molecule has 32 heavy (non-hydrogen) atoms. The molecule has 6 nitrogen and oxygen atoms in total. The molecule has 4 aromatic rings. The molecule has 1 saturated heterocycles. The van der Waals surface area contributed by atoms with Crippen LogP contribution in [0.2, 0.25) is 5.02 Å². The maximum atomic E-state index is 13.2. The first-order chi connectivity index (χ1) is 15.4. The van der Waals surface area contributed by atoms with Crippen molar-refractivity contribution in [2.45, 2.75) is 12.1 Å². The Hall–Kier alpha value is -3.84. The topological polar surface area (TPSA) is 83.4 Å². The lowest BCUT2D eigenvalue weighted by Gasteiger charge is -2.27. The lowest BCUT2D eigenvalue weighted by atomic mass is 9.88. The van der Waals surface area contributed by atoms with Crippen molar-refractivity contribution < 1.29 is 19.1 Å². The lowest BCUT2D eigenvalue weighted by molar-refractivity contribution is -0.124. The standard InChI is InChI=1S/C24H17ClFN3O3/c25-18-8-3-16-12-29(21(30)20(16)11-18)13-24(22(31)27-23(32)28-24)17-6-1-14(2-7-17)15-4-9-19(26)10-5-15/h1-12,30H,13H2,(H2,27,28,31,32)/t24-/m0/s1. The van der Waals surface area contributed by atoms with Gasteiger partial charge in [-0.25, -0.2) is 9.18 Å². The third-order valence-corrected chi connectivity index (χ3v) is 5.96. The third-order valence-electron chi connectivity index (χ3n) is 5.73. The molecule has 0 saturated carbocycles. The fraction of sp³-hybridized carbons (Fsp3) is 0.0833. The van der Waals surface area contributed by atoms with Gasteiger partial charge in [0, 0.05) is 22.0 Å². The minimum Gasteiger partial charge on any atom is -0.494 e. The summed E-state index contributed by atoms with van der Waals surface area (Å²) in [6.45, 7) is -0.0292. The molecule has 2 heterocycles. The van der Waals surface area contributed by atoms with Gasteiger partial charge in [0.05, 0.1) is 6.54 Å². The molecule has 5 rings (SSSR count). The number of urea groups is 1.